The molecule has 0 unspecified atom stereocenters. The first-order valence-corrected chi connectivity index (χ1v) is 8.72. The van der Waals surface area contributed by atoms with E-state index in [-0.39, 0.29) is 17.0 Å². The van der Waals surface area contributed by atoms with E-state index < -0.39 is 5.82 Å². The van der Waals surface area contributed by atoms with Crippen LogP contribution in [0.1, 0.15) is 12.0 Å². The molecular weight excluding hydrogens is 371 g/mol. The molecule has 4 heterocycles. The van der Waals surface area contributed by atoms with Crippen molar-refractivity contribution in [1.29, 1.82) is 0 Å². The lowest BCUT2D eigenvalue weighted by atomic mass is 9.99. The molecule has 0 spiro atoms. The Morgan fingerprint density at radius 1 is 1.19 bits per heavy atom. The predicted molar refractivity (Wildman–Crippen MR) is 96.4 cm³/mol. The molecule has 1 aliphatic rings. The van der Waals surface area contributed by atoms with E-state index in [1.807, 2.05) is 0 Å². The molecule has 9 heteroatoms. The fraction of sp³-hybridized carbons (Fsp3) is 0.222. The van der Waals surface area contributed by atoms with Gasteiger partial charge in [0.25, 0.3) is 0 Å². The van der Waals surface area contributed by atoms with Crippen LogP contribution in [0.25, 0.3) is 11.3 Å². The standard InChI is InChI=1S/C18H14ClFN6O/c19-17-14(20)8-11(9-21-17)7-12-4-6-26(18(12)27)16-2-1-15(24-25-16)13-3-5-22-23-10-13/h1-3,5,8-10,12H,4,6-7H2/t12-/m1/s1. The minimum atomic E-state index is -0.580. The quantitative estimate of drug-likeness (QED) is 0.643. The van der Waals surface area contributed by atoms with Gasteiger partial charge in [-0.25, -0.2) is 9.37 Å². The van der Waals surface area contributed by atoms with E-state index >= 15 is 0 Å². The minimum absolute atomic E-state index is 0.0574. The van der Waals surface area contributed by atoms with Crippen molar-refractivity contribution in [3.63, 3.8) is 0 Å². The maximum Gasteiger partial charge on any atom is 0.231 e. The van der Waals surface area contributed by atoms with Gasteiger partial charge in [0.15, 0.2) is 16.8 Å². The van der Waals surface area contributed by atoms with Crippen molar-refractivity contribution in [3.05, 3.63) is 59.4 Å². The molecule has 3 aromatic heterocycles. The van der Waals surface area contributed by atoms with E-state index in [2.05, 4.69) is 25.4 Å². The van der Waals surface area contributed by atoms with Crippen molar-refractivity contribution < 1.29 is 9.18 Å². The molecule has 0 radical (unpaired) electrons. The Hall–Kier alpha value is -3.00. The van der Waals surface area contributed by atoms with E-state index in [1.165, 1.54) is 12.3 Å². The third kappa shape index (κ3) is 3.61. The SMILES string of the molecule is O=C1[C@@H](Cc2cnc(Cl)c(F)c2)CCN1c1ccc(-c2ccnnc2)nn1. The average Bonchev–Trinajstić information content (AvgIpc) is 3.06. The lowest BCUT2D eigenvalue weighted by Gasteiger charge is -2.15. The highest BCUT2D eigenvalue weighted by atomic mass is 35.5. The summed E-state index contributed by atoms with van der Waals surface area (Å²) in [6.07, 6.45) is 5.73. The molecule has 0 aromatic carbocycles. The Balaban J connectivity index is 1.47. The van der Waals surface area contributed by atoms with E-state index in [4.69, 9.17) is 11.6 Å². The van der Waals surface area contributed by atoms with Crippen LogP contribution in [0.4, 0.5) is 10.2 Å². The second kappa shape index (κ2) is 7.32. The first kappa shape index (κ1) is 17.4. The van der Waals surface area contributed by atoms with Gasteiger partial charge < -0.3 is 0 Å². The van der Waals surface area contributed by atoms with Crippen molar-refractivity contribution >= 4 is 23.3 Å². The zero-order valence-corrected chi connectivity index (χ0v) is 14.8. The van der Waals surface area contributed by atoms with E-state index in [0.29, 0.717) is 36.5 Å². The number of amides is 1. The first-order valence-electron chi connectivity index (χ1n) is 8.34. The Bertz CT molecular complexity index is 969. The Kier molecular flexibility index (Phi) is 4.72. The number of carbonyl (C=O) groups is 1. The van der Waals surface area contributed by atoms with Crippen LogP contribution in [0.2, 0.25) is 5.15 Å². The van der Waals surface area contributed by atoms with Gasteiger partial charge in [0, 0.05) is 24.2 Å². The lowest BCUT2D eigenvalue weighted by Crippen LogP contribution is -2.28. The van der Waals surface area contributed by atoms with Crippen LogP contribution < -0.4 is 4.90 Å². The average molecular weight is 385 g/mol. The number of rotatable bonds is 4. The van der Waals surface area contributed by atoms with E-state index in [9.17, 15) is 9.18 Å². The molecule has 1 fully saturated rings. The molecule has 27 heavy (non-hydrogen) atoms. The highest BCUT2D eigenvalue weighted by Crippen LogP contribution is 2.27. The van der Waals surface area contributed by atoms with Crippen LogP contribution in [0, 0.1) is 11.7 Å². The smallest absolute Gasteiger partial charge is 0.231 e. The fourth-order valence-corrected chi connectivity index (χ4v) is 3.18. The molecular formula is C18H14ClFN6O. The summed E-state index contributed by atoms with van der Waals surface area (Å²) in [5, 5.41) is 15.7. The number of hydrogen-bond donors (Lipinski definition) is 0. The number of anilines is 1. The molecule has 4 rings (SSSR count). The molecule has 0 saturated carbocycles. The Morgan fingerprint density at radius 3 is 2.78 bits per heavy atom. The molecule has 0 bridgehead atoms. The summed E-state index contributed by atoms with van der Waals surface area (Å²) in [6.45, 7) is 0.540. The predicted octanol–water partition coefficient (Wildman–Crippen LogP) is 2.72. The topological polar surface area (TPSA) is 84.8 Å². The van der Waals surface area contributed by atoms with Gasteiger partial charge >= 0.3 is 0 Å². The van der Waals surface area contributed by atoms with Crippen LogP contribution in [0.3, 0.4) is 0 Å². The molecule has 7 nitrogen and oxygen atoms in total. The van der Waals surface area contributed by atoms with Crippen molar-refractivity contribution in [2.24, 2.45) is 5.92 Å². The second-order valence-corrected chi connectivity index (χ2v) is 6.56. The fourth-order valence-electron chi connectivity index (χ4n) is 3.08. The maximum absolute atomic E-state index is 13.6. The van der Waals surface area contributed by atoms with Crippen LogP contribution >= 0.6 is 11.6 Å². The normalized spacial score (nSPS) is 16.7. The summed E-state index contributed by atoms with van der Waals surface area (Å²) in [5.74, 6) is -0.395. The zero-order chi connectivity index (χ0) is 18.8. The molecule has 1 aliphatic heterocycles. The zero-order valence-electron chi connectivity index (χ0n) is 14.1. The van der Waals surface area contributed by atoms with Crippen LogP contribution in [0.15, 0.2) is 42.9 Å². The Morgan fingerprint density at radius 2 is 2.07 bits per heavy atom. The highest BCUT2D eigenvalue weighted by Gasteiger charge is 2.33. The summed E-state index contributed by atoms with van der Waals surface area (Å²) in [4.78, 5) is 18.1. The summed E-state index contributed by atoms with van der Waals surface area (Å²) in [6, 6.07) is 6.65. The lowest BCUT2D eigenvalue weighted by molar-refractivity contribution is -0.120. The van der Waals surface area contributed by atoms with Crippen molar-refractivity contribution in [2.75, 3.05) is 11.4 Å². The molecule has 3 aromatic rings. The largest absolute Gasteiger partial charge is 0.295 e. The maximum atomic E-state index is 13.6. The molecule has 0 aliphatic carbocycles. The number of aromatic nitrogens is 5. The Labute approximate surface area is 159 Å². The molecule has 1 saturated heterocycles. The molecule has 1 amide bonds. The number of nitrogens with zero attached hydrogens (tertiary/aromatic N) is 6. The highest BCUT2D eigenvalue weighted by molar-refractivity contribution is 6.29. The van der Waals surface area contributed by atoms with Crippen LogP contribution in [-0.2, 0) is 11.2 Å². The van der Waals surface area contributed by atoms with Crippen molar-refractivity contribution in [3.8, 4) is 11.3 Å². The van der Waals surface area contributed by atoms with Gasteiger partial charge in [-0.05, 0) is 42.7 Å². The first-order chi connectivity index (χ1) is 13.1. The van der Waals surface area contributed by atoms with E-state index in [0.717, 1.165) is 5.56 Å². The van der Waals surface area contributed by atoms with Crippen LogP contribution in [0.5, 0.6) is 0 Å². The third-order valence-electron chi connectivity index (χ3n) is 4.46. The van der Waals surface area contributed by atoms with Gasteiger partial charge in [-0.1, -0.05) is 11.6 Å². The number of pyridine rings is 1. The van der Waals surface area contributed by atoms with Gasteiger partial charge in [0.1, 0.15) is 0 Å². The summed E-state index contributed by atoms with van der Waals surface area (Å²) in [5.41, 5.74) is 2.09. The van der Waals surface area contributed by atoms with Crippen molar-refractivity contribution in [2.45, 2.75) is 12.8 Å². The van der Waals surface area contributed by atoms with Gasteiger partial charge in [0.2, 0.25) is 5.91 Å². The van der Waals surface area contributed by atoms with Crippen LogP contribution in [-0.4, -0.2) is 37.8 Å². The number of carbonyl (C=O) groups excluding carboxylic acids is 1. The van der Waals surface area contributed by atoms with Gasteiger partial charge in [-0.3, -0.25) is 9.69 Å². The molecule has 1 atom stereocenters. The van der Waals surface area contributed by atoms with E-state index in [1.54, 1.807) is 35.5 Å². The summed E-state index contributed by atoms with van der Waals surface area (Å²) in [7, 11) is 0. The third-order valence-corrected chi connectivity index (χ3v) is 4.74. The van der Waals surface area contributed by atoms with Gasteiger partial charge in [0.05, 0.1) is 18.1 Å². The number of hydrogen-bond acceptors (Lipinski definition) is 6. The minimum Gasteiger partial charge on any atom is -0.295 e. The molecule has 136 valence electrons. The molecule has 0 N–H and O–H groups in total. The number of halogens is 2. The second-order valence-electron chi connectivity index (χ2n) is 6.20. The van der Waals surface area contributed by atoms with Crippen molar-refractivity contribution in [1.82, 2.24) is 25.4 Å². The summed E-state index contributed by atoms with van der Waals surface area (Å²) >= 11 is 5.60. The van der Waals surface area contributed by atoms with Gasteiger partial charge in [-0.2, -0.15) is 10.2 Å². The monoisotopic (exact) mass is 384 g/mol. The van der Waals surface area contributed by atoms with Gasteiger partial charge in [-0.15, -0.1) is 10.2 Å². The summed E-state index contributed by atoms with van der Waals surface area (Å²) < 4.78 is 13.6.